The van der Waals surface area contributed by atoms with Gasteiger partial charge >= 0.3 is 0 Å². The number of halogens is 1. The van der Waals surface area contributed by atoms with E-state index in [0.29, 0.717) is 16.3 Å². The number of aromatic nitrogens is 3. The molecule has 1 aromatic heterocycles. The van der Waals surface area contributed by atoms with Gasteiger partial charge in [0.2, 0.25) is 0 Å². The largest absolute Gasteiger partial charge is 0.336 e. The van der Waals surface area contributed by atoms with Gasteiger partial charge < -0.3 is 4.90 Å². The monoisotopic (exact) mass is 304 g/mol. The third kappa shape index (κ3) is 2.78. The maximum atomic E-state index is 12.9. The second-order valence-corrected chi connectivity index (χ2v) is 5.76. The number of carbonyl (C=O) groups excluding carboxylic acids is 1. The maximum Gasteiger partial charge on any atom is 0.256 e. The Morgan fingerprint density at radius 3 is 2.76 bits per heavy atom. The van der Waals surface area contributed by atoms with Gasteiger partial charge in [0.1, 0.15) is 0 Å². The van der Waals surface area contributed by atoms with Crippen molar-refractivity contribution < 1.29 is 4.79 Å². The summed E-state index contributed by atoms with van der Waals surface area (Å²) in [5, 5.41) is 8.77. The Labute approximate surface area is 128 Å². The Bertz CT molecular complexity index is 641. The number of carbonyl (C=O) groups is 1. The topological polar surface area (TPSA) is 51.0 Å². The fraction of sp³-hybridized carbons (Fsp3) is 0.400. The minimum Gasteiger partial charge on any atom is -0.336 e. The van der Waals surface area contributed by atoms with E-state index in [0.717, 1.165) is 19.4 Å². The highest BCUT2D eigenvalue weighted by atomic mass is 35.5. The van der Waals surface area contributed by atoms with Gasteiger partial charge in [0.05, 0.1) is 23.6 Å². The minimum absolute atomic E-state index is 0.00278. The van der Waals surface area contributed by atoms with E-state index in [1.54, 1.807) is 30.6 Å². The van der Waals surface area contributed by atoms with Crippen LogP contribution in [0.25, 0.3) is 5.69 Å². The molecule has 6 heteroatoms. The Kier molecular flexibility index (Phi) is 3.92. The number of piperidine rings is 1. The van der Waals surface area contributed by atoms with Gasteiger partial charge in [-0.15, -0.1) is 0 Å². The van der Waals surface area contributed by atoms with Crippen LogP contribution in [-0.4, -0.2) is 38.4 Å². The molecule has 3 rings (SSSR count). The number of amides is 1. The Morgan fingerprint density at radius 1 is 1.29 bits per heavy atom. The summed E-state index contributed by atoms with van der Waals surface area (Å²) in [5.74, 6) is -0.00278. The fourth-order valence-electron chi connectivity index (χ4n) is 2.75. The van der Waals surface area contributed by atoms with Crippen molar-refractivity contribution in [2.45, 2.75) is 32.2 Å². The fourth-order valence-corrected chi connectivity index (χ4v) is 2.92. The van der Waals surface area contributed by atoms with E-state index in [4.69, 9.17) is 11.6 Å². The normalized spacial score (nSPS) is 18.8. The van der Waals surface area contributed by atoms with E-state index in [-0.39, 0.29) is 11.9 Å². The summed E-state index contributed by atoms with van der Waals surface area (Å²) >= 11 is 6.08. The van der Waals surface area contributed by atoms with Crippen LogP contribution < -0.4 is 0 Å². The molecule has 1 aromatic carbocycles. The zero-order valence-electron chi connectivity index (χ0n) is 11.9. The molecule has 2 aromatic rings. The Hall–Kier alpha value is -1.88. The Balaban J connectivity index is 2.00. The molecule has 1 fully saturated rings. The molecule has 1 aliphatic heterocycles. The zero-order chi connectivity index (χ0) is 14.8. The molecule has 1 aliphatic rings. The van der Waals surface area contributed by atoms with Gasteiger partial charge in [0.15, 0.2) is 0 Å². The van der Waals surface area contributed by atoms with Gasteiger partial charge in [-0.2, -0.15) is 15.0 Å². The van der Waals surface area contributed by atoms with E-state index < -0.39 is 0 Å². The van der Waals surface area contributed by atoms with Gasteiger partial charge in [-0.1, -0.05) is 11.6 Å². The number of nitrogens with zero attached hydrogens (tertiary/aromatic N) is 4. The van der Waals surface area contributed by atoms with Crippen LogP contribution in [-0.2, 0) is 0 Å². The molecular weight excluding hydrogens is 288 g/mol. The molecule has 2 heterocycles. The SMILES string of the molecule is CC1CCCCN1C(=O)c1cc(Cl)ccc1-n1nccn1. The van der Waals surface area contributed by atoms with Crippen LogP contribution in [0.2, 0.25) is 5.02 Å². The molecule has 110 valence electrons. The first-order valence-electron chi connectivity index (χ1n) is 7.14. The maximum absolute atomic E-state index is 12.9. The van der Waals surface area contributed by atoms with Crippen molar-refractivity contribution in [3.63, 3.8) is 0 Å². The van der Waals surface area contributed by atoms with Gasteiger partial charge in [0.25, 0.3) is 5.91 Å². The van der Waals surface area contributed by atoms with Crippen LogP contribution in [0.1, 0.15) is 36.5 Å². The quantitative estimate of drug-likeness (QED) is 0.857. The van der Waals surface area contributed by atoms with Crippen LogP contribution in [0.3, 0.4) is 0 Å². The third-order valence-corrected chi connectivity index (χ3v) is 4.12. The highest BCUT2D eigenvalue weighted by Crippen LogP contribution is 2.24. The highest BCUT2D eigenvalue weighted by molar-refractivity contribution is 6.31. The molecule has 0 radical (unpaired) electrons. The van der Waals surface area contributed by atoms with Gasteiger partial charge in [-0.25, -0.2) is 0 Å². The smallest absolute Gasteiger partial charge is 0.256 e. The van der Waals surface area contributed by atoms with Crippen LogP contribution in [0.15, 0.2) is 30.6 Å². The van der Waals surface area contributed by atoms with E-state index in [2.05, 4.69) is 17.1 Å². The summed E-state index contributed by atoms with van der Waals surface area (Å²) in [6.45, 7) is 2.88. The molecule has 21 heavy (non-hydrogen) atoms. The lowest BCUT2D eigenvalue weighted by atomic mass is 10.0. The van der Waals surface area contributed by atoms with Gasteiger partial charge in [0, 0.05) is 17.6 Å². The number of rotatable bonds is 2. The van der Waals surface area contributed by atoms with Crippen LogP contribution >= 0.6 is 11.6 Å². The van der Waals surface area contributed by atoms with Crippen molar-refractivity contribution in [2.24, 2.45) is 0 Å². The Morgan fingerprint density at radius 2 is 2.05 bits per heavy atom. The van der Waals surface area contributed by atoms with E-state index in [9.17, 15) is 4.79 Å². The van der Waals surface area contributed by atoms with Crippen molar-refractivity contribution in [3.05, 3.63) is 41.2 Å². The van der Waals surface area contributed by atoms with Crippen LogP contribution in [0.5, 0.6) is 0 Å². The van der Waals surface area contributed by atoms with Crippen LogP contribution in [0, 0.1) is 0 Å². The van der Waals surface area contributed by atoms with Crippen molar-refractivity contribution in [1.82, 2.24) is 19.9 Å². The third-order valence-electron chi connectivity index (χ3n) is 3.89. The molecule has 0 bridgehead atoms. The lowest BCUT2D eigenvalue weighted by Crippen LogP contribution is -2.42. The lowest BCUT2D eigenvalue weighted by molar-refractivity contribution is 0.0635. The average Bonchev–Trinajstić information content (AvgIpc) is 3.01. The minimum atomic E-state index is -0.00278. The predicted molar refractivity (Wildman–Crippen MR) is 80.7 cm³/mol. The molecule has 0 saturated carbocycles. The summed E-state index contributed by atoms with van der Waals surface area (Å²) in [4.78, 5) is 16.3. The van der Waals surface area contributed by atoms with Crippen molar-refractivity contribution in [3.8, 4) is 5.69 Å². The molecule has 0 spiro atoms. The van der Waals surface area contributed by atoms with E-state index in [1.807, 2.05) is 4.90 Å². The van der Waals surface area contributed by atoms with Crippen molar-refractivity contribution in [1.29, 1.82) is 0 Å². The molecule has 5 nitrogen and oxygen atoms in total. The highest BCUT2D eigenvalue weighted by Gasteiger charge is 2.26. The first-order valence-corrected chi connectivity index (χ1v) is 7.52. The second-order valence-electron chi connectivity index (χ2n) is 5.32. The second kappa shape index (κ2) is 5.85. The summed E-state index contributed by atoms with van der Waals surface area (Å²) in [7, 11) is 0. The molecule has 1 amide bonds. The zero-order valence-corrected chi connectivity index (χ0v) is 12.6. The molecular formula is C15H17ClN4O. The molecule has 1 atom stereocenters. The molecule has 1 saturated heterocycles. The first-order chi connectivity index (χ1) is 10.2. The number of hydrogen-bond acceptors (Lipinski definition) is 3. The van der Waals surface area contributed by atoms with E-state index >= 15 is 0 Å². The van der Waals surface area contributed by atoms with Gasteiger partial charge in [-0.3, -0.25) is 4.79 Å². The predicted octanol–water partition coefficient (Wildman–Crippen LogP) is 2.94. The summed E-state index contributed by atoms with van der Waals surface area (Å²) in [6.07, 6.45) is 6.44. The molecule has 1 unspecified atom stereocenters. The van der Waals surface area contributed by atoms with E-state index in [1.165, 1.54) is 11.2 Å². The first kappa shape index (κ1) is 14.1. The van der Waals surface area contributed by atoms with Crippen molar-refractivity contribution in [2.75, 3.05) is 6.54 Å². The van der Waals surface area contributed by atoms with Crippen LogP contribution in [0.4, 0.5) is 0 Å². The van der Waals surface area contributed by atoms with Crippen molar-refractivity contribution >= 4 is 17.5 Å². The standard InChI is InChI=1S/C15H17ClN4O/c1-11-4-2-3-9-19(11)15(21)13-10-12(16)5-6-14(13)20-17-7-8-18-20/h5-8,10-11H,2-4,9H2,1H3. The summed E-state index contributed by atoms with van der Waals surface area (Å²) < 4.78 is 0. The number of hydrogen-bond donors (Lipinski definition) is 0. The average molecular weight is 305 g/mol. The number of benzene rings is 1. The van der Waals surface area contributed by atoms with Gasteiger partial charge in [-0.05, 0) is 44.4 Å². The number of likely N-dealkylation sites (tertiary alicyclic amines) is 1. The summed E-state index contributed by atoms with van der Waals surface area (Å²) in [5.41, 5.74) is 1.21. The lowest BCUT2D eigenvalue weighted by Gasteiger charge is -2.33. The molecule has 0 aliphatic carbocycles. The molecule has 0 N–H and O–H groups in total. The summed E-state index contributed by atoms with van der Waals surface area (Å²) in [6, 6.07) is 5.48.